The smallest absolute Gasteiger partial charge is 0.168 e. The van der Waals surface area contributed by atoms with Crippen molar-refractivity contribution >= 4 is 34.2 Å². The molecule has 0 saturated heterocycles. The molecular weight excluding hydrogens is 373 g/mol. The van der Waals surface area contributed by atoms with Crippen LogP contribution in [0.25, 0.3) is 17.1 Å². The maximum Gasteiger partial charge on any atom is 0.168 e. The molecule has 1 heterocycles. The van der Waals surface area contributed by atoms with Crippen LogP contribution in [-0.2, 0) is 0 Å². The van der Waals surface area contributed by atoms with Crippen LogP contribution in [0.2, 0.25) is 5.02 Å². The molecular formula is C14H9ClIN3. The Bertz CT molecular complexity index is 707. The Morgan fingerprint density at radius 2 is 1.84 bits per heavy atom. The van der Waals surface area contributed by atoms with Gasteiger partial charge in [0.25, 0.3) is 0 Å². The van der Waals surface area contributed by atoms with Crippen molar-refractivity contribution in [3.05, 3.63) is 63.5 Å². The number of rotatable bonds is 2. The SMILES string of the molecule is Clc1cccc(-n2cnnc2-c2ccc(I)cc2)c1. The molecule has 0 radical (unpaired) electrons. The minimum absolute atomic E-state index is 0.694. The van der Waals surface area contributed by atoms with Crippen molar-refractivity contribution < 1.29 is 0 Å². The predicted molar refractivity (Wildman–Crippen MR) is 84.5 cm³/mol. The van der Waals surface area contributed by atoms with E-state index >= 15 is 0 Å². The molecule has 0 atom stereocenters. The van der Waals surface area contributed by atoms with E-state index in [9.17, 15) is 0 Å². The van der Waals surface area contributed by atoms with Gasteiger partial charge in [-0.15, -0.1) is 10.2 Å². The Kier molecular flexibility index (Phi) is 3.52. The number of hydrogen-bond donors (Lipinski definition) is 0. The zero-order chi connectivity index (χ0) is 13.2. The Hall–Kier alpha value is -1.40. The Morgan fingerprint density at radius 3 is 2.58 bits per heavy atom. The normalized spacial score (nSPS) is 10.6. The molecule has 0 aliphatic carbocycles. The molecule has 3 rings (SSSR count). The summed E-state index contributed by atoms with van der Waals surface area (Å²) in [6, 6.07) is 15.8. The van der Waals surface area contributed by atoms with Crippen LogP contribution in [0.3, 0.4) is 0 Å². The van der Waals surface area contributed by atoms with Crippen LogP contribution in [0, 0.1) is 3.57 Å². The predicted octanol–water partition coefficient (Wildman–Crippen LogP) is 4.19. The first-order chi connectivity index (χ1) is 9.24. The lowest BCUT2D eigenvalue weighted by Gasteiger charge is -2.07. The molecule has 0 saturated carbocycles. The van der Waals surface area contributed by atoms with Crippen LogP contribution < -0.4 is 0 Å². The van der Waals surface area contributed by atoms with Gasteiger partial charge < -0.3 is 0 Å². The standard InChI is InChI=1S/C14H9ClIN3/c15-11-2-1-3-13(8-11)19-9-17-18-14(19)10-4-6-12(16)7-5-10/h1-9H. The molecule has 0 N–H and O–H groups in total. The van der Waals surface area contributed by atoms with Crippen molar-refractivity contribution in [2.75, 3.05) is 0 Å². The van der Waals surface area contributed by atoms with E-state index in [-0.39, 0.29) is 0 Å². The fraction of sp³-hybridized carbons (Fsp3) is 0. The van der Waals surface area contributed by atoms with Gasteiger partial charge in [-0.1, -0.05) is 29.8 Å². The molecule has 0 bridgehead atoms. The minimum Gasteiger partial charge on any atom is -0.282 e. The highest BCUT2D eigenvalue weighted by atomic mass is 127. The van der Waals surface area contributed by atoms with E-state index < -0.39 is 0 Å². The van der Waals surface area contributed by atoms with Crippen LogP contribution in [0.5, 0.6) is 0 Å². The van der Waals surface area contributed by atoms with Gasteiger partial charge in [-0.3, -0.25) is 4.57 Å². The molecule has 3 nitrogen and oxygen atoms in total. The summed E-state index contributed by atoms with van der Waals surface area (Å²) in [6.07, 6.45) is 1.69. The highest BCUT2D eigenvalue weighted by Crippen LogP contribution is 2.22. The molecule has 0 aliphatic heterocycles. The summed E-state index contributed by atoms with van der Waals surface area (Å²) in [6.45, 7) is 0. The van der Waals surface area contributed by atoms with Gasteiger partial charge in [0.05, 0.1) is 5.69 Å². The van der Waals surface area contributed by atoms with Crippen molar-refractivity contribution in [1.29, 1.82) is 0 Å². The first-order valence-corrected chi connectivity index (χ1v) is 7.11. The van der Waals surface area contributed by atoms with Gasteiger partial charge in [0, 0.05) is 14.2 Å². The molecule has 0 fully saturated rings. The van der Waals surface area contributed by atoms with E-state index in [2.05, 4.69) is 32.8 Å². The van der Waals surface area contributed by atoms with Gasteiger partial charge in [-0.2, -0.15) is 0 Å². The highest BCUT2D eigenvalue weighted by molar-refractivity contribution is 14.1. The summed E-state index contributed by atoms with van der Waals surface area (Å²) in [4.78, 5) is 0. The van der Waals surface area contributed by atoms with Gasteiger partial charge in [-0.05, 0) is 52.9 Å². The molecule has 1 aromatic heterocycles. The number of aromatic nitrogens is 3. The van der Waals surface area contributed by atoms with E-state index in [1.807, 2.05) is 53.1 Å². The van der Waals surface area contributed by atoms with Crippen LogP contribution >= 0.6 is 34.2 Å². The van der Waals surface area contributed by atoms with Crippen molar-refractivity contribution in [1.82, 2.24) is 14.8 Å². The van der Waals surface area contributed by atoms with Gasteiger partial charge in [0.2, 0.25) is 0 Å². The lowest BCUT2D eigenvalue weighted by Crippen LogP contribution is -1.96. The van der Waals surface area contributed by atoms with Gasteiger partial charge in [0.15, 0.2) is 5.82 Å². The molecule has 19 heavy (non-hydrogen) atoms. The molecule has 0 amide bonds. The fourth-order valence-electron chi connectivity index (χ4n) is 1.85. The molecule has 0 unspecified atom stereocenters. The topological polar surface area (TPSA) is 30.7 Å². The zero-order valence-corrected chi connectivity index (χ0v) is 12.7. The zero-order valence-electron chi connectivity index (χ0n) is 9.79. The van der Waals surface area contributed by atoms with Gasteiger partial charge >= 0.3 is 0 Å². The van der Waals surface area contributed by atoms with Crippen LogP contribution in [0.1, 0.15) is 0 Å². The third-order valence-electron chi connectivity index (χ3n) is 2.74. The first-order valence-electron chi connectivity index (χ1n) is 5.66. The first kappa shape index (κ1) is 12.6. The maximum atomic E-state index is 6.03. The van der Waals surface area contributed by atoms with Crippen LogP contribution in [0.4, 0.5) is 0 Å². The lowest BCUT2D eigenvalue weighted by molar-refractivity contribution is 1.06. The second-order valence-corrected chi connectivity index (χ2v) is 5.69. The molecule has 0 aliphatic rings. The number of hydrogen-bond acceptors (Lipinski definition) is 2. The van der Waals surface area contributed by atoms with Crippen molar-refractivity contribution in [2.24, 2.45) is 0 Å². The molecule has 3 aromatic rings. The largest absolute Gasteiger partial charge is 0.282 e. The summed E-state index contributed by atoms with van der Waals surface area (Å²) >= 11 is 8.30. The Morgan fingerprint density at radius 1 is 1.05 bits per heavy atom. The number of benzene rings is 2. The van der Waals surface area contributed by atoms with Crippen molar-refractivity contribution in [3.63, 3.8) is 0 Å². The monoisotopic (exact) mass is 381 g/mol. The summed E-state index contributed by atoms with van der Waals surface area (Å²) in [5.74, 6) is 0.804. The summed E-state index contributed by atoms with van der Waals surface area (Å²) in [7, 11) is 0. The maximum absolute atomic E-state index is 6.03. The van der Waals surface area contributed by atoms with Crippen molar-refractivity contribution in [3.8, 4) is 17.1 Å². The average molecular weight is 382 g/mol. The third kappa shape index (κ3) is 2.64. The van der Waals surface area contributed by atoms with E-state index in [0.717, 1.165) is 17.1 Å². The van der Waals surface area contributed by atoms with E-state index in [4.69, 9.17) is 11.6 Å². The van der Waals surface area contributed by atoms with Crippen molar-refractivity contribution in [2.45, 2.75) is 0 Å². The van der Waals surface area contributed by atoms with E-state index in [0.29, 0.717) is 5.02 Å². The molecule has 0 spiro atoms. The molecule has 2 aromatic carbocycles. The van der Waals surface area contributed by atoms with E-state index in [1.54, 1.807) is 6.33 Å². The number of nitrogens with zero attached hydrogens (tertiary/aromatic N) is 3. The third-order valence-corrected chi connectivity index (χ3v) is 3.69. The Balaban J connectivity index is 2.10. The quantitative estimate of drug-likeness (QED) is 0.623. The van der Waals surface area contributed by atoms with Gasteiger partial charge in [0.1, 0.15) is 6.33 Å². The van der Waals surface area contributed by atoms with Crippen LogP contribution in [-0.4, -0.2) is 14.8 Å². The Labute approximate surface area is 129 Å². The second kappa shape index (κ2) is 5.30. The summed E-state index contributed by atoms with van der Waals surface area (Å²) in [5, 5.41) is 8.88. The van der Waals surface area contributed by atoms with E-state index in [1.165, 1.54) is 3.57 Å². The average Bonchev–Trinajstić information content (AvgIpc) is 2.89. The highest BCUT2D eigenvalue weighted by Gasteiger charge is 2.08. The lowest BCUT2D eigenvalue weighted by atomic mass is 10.2. The summed E-state index contributed by atoms with van der Waals surface area (Å²) < 4.78 is 3.11. The van der Waals surface area contributed by atoms with Gasteiger partial charge in [-0.25, -0.2) is 0 Å². The number of halogens is 2. The minimum atomic E-state index is 0.694. The second-order valence-electron chi connectivity index (χ2n) is 4.01. The molecule has 5 heteroatoms. The fourth-order valence-corrected chi connectivity index (χ4v) is 2.39. The van der Waals surface area contributed by atoms with Crippen LogP contribution in [0.15, 0.2) is 54.9 Å². The summed E-state index contributed by atoms with van der Waals surface area (Å²) in [5.41, 5.74) is 1.98. The molecule has 94 valence electrons.